The van der Waals surface area contributed by atoms with Gasteiger partial charge in [0.15, 0.2) is 0 Å². The summed E-state index contributed by atoms with van der Waals surface area (Å²) in [5, 5.41) is 16.5. The van der Waals surface area contributed by atoms with Crippen molar-refractivity contribution in [2.75, 3.05) is 5.32 Å². The van der Waals surface area contributed by atoms with Crippen molar-refractivity contribution in [1.82, 2.24) is 0 Å². The molecule has 1 aliphatic heterocycles. The molecule has 0 radical (unpaired) electrons. The molecule has 1 fully saturated rings. The summed E-state index contributed by atoms with van der Waals surface area (Å²) < 4.78 is 0. The summed E-state index contributed by atoms with van der Waals surface area (Å²) in [5.41, 5.74) is 2.39. The van der Waals surface area contributed by atoms with Crippen LogP contribution in [0.15, 0.2) is 18.2 Å². The lowest BCUT2D eigenvalue weighted by molar-refractivity contribution is -0.112. The fraction of sp³-hybridized carbons (Fsp3) is 0.250. The van der Waals surface area contributed by atoms with Crippen LogP contribution in [0, 0.1) is 0 Å². The van der Waals surface area contributed by atoms with Gasteiger partial charge in [0.05, 0.1) is 11.3 Å². The minimum absolute atomic E-state index is 0.400. The highest BCUT2D eigenvalue weighted by Gasteiger charge is 2.30. The normalized spacial score (nSPS) is 16.4. The number of ketones is 1. The first kappa shape index (κ1) is 12.1. The van der Waals surface area contributed by atoms with Gasteiger partial charge in [0, 0.05) is 0 Å². The molecular formula is C12H11NO5. The van der Waals surface area contributed by atoms with Gasteiger partial charge in [-0.05, 0) is 36.5 Å². The number of rotatable bonds is 1. The van der Waals surface area contributed by atoms with Gasteiger partial charge in [-0.25, -0.2) is 4.79 Å². The summed E-state index contributed by atoms with van der Waals surface area (Å²) in [6.45, 7) is 0. The number of fused-ring (bicyclic) bond motifs is 1. The Bertz CT molecular complexity index is 529. The summed E-state index contributed by atoms with van der Waals surface area (Å²) in [6.07, 6.45) is 0.572. The Morgan fingerprint density at radius 1 is 1.22 bits per heavy atom. The highest BCUT2D eigenvalue weighted by molar-refractivity contribution is 6.51. The number of hydrogen-bond acceptors (Lipinski definition) is 3. The van der Waals surface area contributed by atoms with Crippen LogP contribution in [0.4, 0.5) is 10.5 Å². The van der Waals surface area contributed by atoms with Crippen molar-refractivity contribution in [3.63, 3.8) is 0 Å². The van der Waals surface area contributed by atoms with Crippen LogP contribution in [-0.2, 0) is 4.79 Å². The van der Waals surface area contributed by atoms with E-state index in [0.29, 0.717) is 17.2 Å². The first-order valence-electron chi connectivity index (χ1n) is 5.40. The van der Waals surface area contributed by atoms with Gasteiger partial charge in [-0.2, -0.15) is 0 Å². The van der Waals surface area contributed by atoms with Crippen LogP contribution in [0.5, 0.6) is 0 Å². The van der Waals surface area contributed by atoms with E-state index in [1.54, 1.807) is 0 Å². The highest BCUT2D eigenvalue weighted by atomic mass is 16.6. The Labute approximate surface area is 102 Å². The summed E-state index contributed by atoms with van der Waals surface area (Å²) in [4.78, 5) is 31.0. The molecule has 1 aromatic carbocycles. The molecule has 0 aromatic heterocycles. The smallest absolute Gasteiger partial charge is 0.450 e. The number of hydrogen-bond donors (Lipinski definition) is 3. The third kappa shape index (κ3) is 2.48. The van der Waals surface area contributed by atoms with E-state index < -0.39 is 17.8 Å². The van der Waals surface area contributed by atoms with Crippen molar-refractivity contribution in [3.8, 4) is 0 Å². The fourth-order valence-corrected chi connectivity index (χ4v) is 1.83. The number of amides is 1. The summed E-state index contributed by atoms with van der Waals surface area (Å²) >= 11 is 0. The Balaban J connectivity index is 0.000000267. The van der Waals surface area contributed by atoms with Crippen molar-refractivity contribution in [3.05, 3.63) is 29.3 Å². The maximum Gasteiger partial charge on any atom is 0.503 e. The Morgan fingerprint density at radius 3 is 2.39 bits per heavy atom. The molecule has 1 saturated carbocycles. The van der Waals surface area contributed by atoms with E-state index in [4.69, 9.17) is 15.0 Å². The maximum atomic E-state index is 11.4. The Kier molecular flexibility index (Phi) is 3.01. The number of anilines is 1. The quantitative estimate of drug-likeness (QED) is 0.659. The van der Waals surface area contributed by atoms with E-state index in [2.05, 4.69) is 5.32 Å². The lowest BCUT2D eigenvalue weighted by atomic mass is 10.0. The first-order chi connectivity index (χ1) is 8.49. The van der Waals surface area contributed by atoms with Crippen LogP contribution in [0.25, 0.3) is 0 Å². The second-order valence-corrected chi connectivity index (χ2v) is 4.15. The molecule has 0 spiro atoms. The molecule has 0 bridgehead atoms. The van der Waals surface area contributed by atoms with Crippen LogP contribution in [0.1, 0.15) is 34.7 Å². The number of Topliss-reactive ketones (excluding diaryl/α,β-unsaturated/α-hetero) is 1. The monoisotopic (exact) mass is 249 g/mol. The van der Waals surface area contributed by atoms with Crippen LogP contribution in [0.3, 0.4) is 0 Å². The topological polar surface area (TPSA) is 104 Å². The van der Waals surface area contributed by atoms with Crippen molar-refractivity contribution < 1.29 is 24.6 Å². The van der Waals surface area contributed by atoms with Gasteiger partial charge in [0.1, 0.15) is 0 Å². The summed E-state index contributed by atoms with van der Waals surface area (Å²) in [6, 6.07) is 5.68. The standard InChI is InChI=1S/C11H9NO2.CH2O3/c13-10-8-5-7(6-1-2-6)3-4-9(8)12-11(10)14;2-1(3)4/h3-6H,1-2H2,(H,12,13,14);(H2,2,3,4). The molecule has 0 unspecified atom stereocenters. The van der Waals surface area contributed by atoms with E-state index in [1.165, 1.54) is 18.4 Å². The molecule has 94 valence electrons. The number of carbonyl (C=O) groups is 3. The molecule has 1 heterocycles. The predicted octanol–water partition coefficient (Wildman–Crippen LogP) is 1.92. The van der Waals surface area contributed by atoms with Crippen molar-refractivity contribution in [1.29, 1.82) is 0 Å². The molecule has 0 atom stereocenters. The number of benzene rings is 1. The largest absolute Gasteiger partial charge is 0.503 e. The second-order valence-electron chi connectivity index (χ2n) is 4.15. The van der Waals surface area contributed by atoms with Crippen molar-refractivity contribution >= 4 is 23.5 Å². The highest BCUT2D eigenvalue weighted by Crippen LogP contribution is 2.41. The lowest BCUT2D eigenvalue weighted by Crippen LogP contribution is -2.12. The zero-order chi connectivity index (χ0) is 13.3. The van der Waals surface area contributed by atoms with Gasteiger partial charge in [-0.3, -0.25) is 9.59 Å². The average molecular weight is 249 g/mol. The molecule has 6 heteroatoms. The molecule has 1 aromatic rings. The number of carbonyl (C=O) groups excluding carboxylic acids is 2. The molecule has 1 amide bonds. The number of carboxylic acid groups (broad SMARTS) is 2. The van der Waals surface area contributed by atoms with Gasteiger partial charge in [0.25, 0.3) is 11.7 Å². The second kappa shape index (κ2) is 4.48. The lowest BCUT2D eigenvalue weighted by Gasteiger charge is -2.00. The molecule has 0 saturated heterocycles. The van der Waals surface area contributed by atoms with Gasteiger partial charge >= 0.3 is 6.16 Å². The average Bonchev–Trinajstić information content (AvgIpc) is 3.08. The Morgan fingerprint density at radius 2 is 1.83 bits per heavy atom. The van der Waals surface area contributed by atoms with Crippen molar-refractivity contribution in [2.45, 2.75) is 18.8 Å². The SMILES string of the molecule is O=C(O)O.O=C1Nc2ccc(C3CC3)cc2C1=O. The molecule has 18 heavy (non-hydrogen) atoms. The number of nitrogens with one attached hydrogen (secondary N) is 1. The van der Waals surface area contributed by atoms with Crippen molar-refractivity contribution in [2.24, 2.45) is 0 Å². The van der Waals surface area contributed by atoms with Crippen LogP contribution >= 0.6 is 0 Å². The summed E-state index contributed by atoms with van der Waals surface area (Å²) in [5.74, 6) is -0.292. The molecule has 3 N–H and O–H groups in total. The first-order valence-corrected chi connectivity index (χ1v) is 5.40. The third-order valence-corrected chi connectivity index (χ3v) is 2.79. The van der Waals surface area contributed by atoms with E-state index >= 15 is 0 Å². The third-order valence-electron chi connectivity index (χ3n) is 2.79. The Hall–Kier alpha value is -2.37. The molecule has 3 rings (SSSR count). The van der Waals surface area contributed by atoms with E-state index in [9.17, 15) is 9.59 Å². The fourth-order valence-electron chi connectivity index (χ4n) is 1.83. The van der Waals surface area contributed by atoms with E-state index in [0.717, 1.165) is 0 Å². The predicted molar refractivity (Wildman–Crippen MR) is 62.0 cm³/mol. The van der Waals surface area contributed by atoms with Crippen LogP contribution in [-0.4, -0.2) is 28.1 Å². The minimum atomic E-state index is -1.83. The summed E-state index contributed by atoms with van der Waals surface area (Å²) in [7, 11) is 0. The van der Waals surface area contributed by atoms with Gasteiger partial charge in [0.2, 0.25) is 0 Å². The minimum Gasteiger partial charge on any atom is -0.450 e. The van der Waals surface area contributed by atoms with Crippen LogP contribution in [0.2, 0.25) is 0 Å². The van der Waals surface area contributed by atoms with Gasteiger partial charge in [-0.15, -0.1) is 0 Å². The molecule has 2 aliphatic rings. The molecule has 6 nitrogen and oxygen atoms in total. The maximum absolute atomic E-state index is 11.4. The zero-order valence-corrected chi connectivity index (χ0v) is 9.34. The molecular weight excluding hydrogens is 238 g/mol. The van der Waals surface area contributed by atoms with Gasteiger partial charge < -0.3 is 15.5 Å². The van der Waals surface area contributed by atoms with Gasteiger partial charge in [-0.1, -0.05) is 6.07 Å². The zero-order valence-electron chi connectivity index (χ0n) is 9.34. The van der Waals surface area contributed by atoms with Crippen LogP contribution < -0.4 is 5.32 Å². The van der Waals surface area contributed by atoms with E-state index in [1.807, 2.05) is 18.2 Å². The van der Waals surface area contributed by atoms with E-state index in [-0.39, 0.29) is 0 Å². The molecule has 1 aliphatic carbocycles.